The van der Waals surface area contributed by atoms with Crippen molar-refractivity contribution in [2.75, 3.05) is 0 Å². The Bertz CT molecular complexity index is 22.0. The fourth-order valence-electron chi connectivity index (χ4n) is 0. The third-order valence-electron chi connectivity index (χ3n) is 0. The Hall–Kier alpha value is 5.33. The SMILES string of the molecule is O.O.[Al].[Ca].[K].[Mg].[Na].[Si]. The van der Waals surface area contributed by atoms with Gasteiger partial charge in [0.15, 0.2) is 0 Å². The van der Waals surface area contributed by atoms with Crippen molar-refractivity contribution >= 4 is 170 Å². The van der Waals surface area contributed by atoms with Crippen LogP contribution in [0.4, 0.5) is 0 Å². The van der Waals surface area contributed by atoms with E-state index in [9.17, 15) is 0 Å². The van der Waals surface area contributed by atoms with Crippen LogP contribution >= 0.6 is 0 Å². The number of rotatable bonds is 0. The maximum atomic E-state index is 0. The van der Waals surface area contributed by atoms with Gasteiger partial charge in [0.05, 0.1) is 0 Å². The van der Waals surface area contributed by atoms with Crippen LogP contribution < -0.4 is 0 Å². The molecule has 0 saturated heterocycles. The van der Waals surface area contributed by atoms with E-state index in [1.54, 1.807) is 0 Å². The van der Waals surface area contributed by atoms with E-state index in [1.807, 2.05) is 0 Å². The first-order valence-electron chi connectivity index (χ1n) is 0. The molecule has 0 bridgehead atoms. The molecule has 0 atom stereocenters. The van der Waals surface area contributed by atoms with E-state index >= 15 is 0 Å². The molecule has 0 aliphatic carbocycles. The zero-order chi connectivity index (χ0) is 0. The summed E-state index contributed by atoms with van der Waals surface area (Å²) in [5, 5.41) is 0. The molecule has 0 rings (SSSR count). The van der Waals surface area contributed by atoms with Crippen LogP contribution in [-0.4, -0.2) is 181 Å². The minimum absolute atomic E-state index is 0. The van der Waals surface area contributed by atoms with Crippen molar-refractivity contribution in [1.29, 1.82) is 0 Å². The van der Waals surface area contributed by atoms with Gasteiger partial charge in [-0.15, -0.1) is 0 Å². The molecular formula is H4AlCaKMgNaO2Si. The zero-order valence-corrected chi connectivity index (χ0v) is 16.4. The first-order chi connectivity index (χ1) is 0. The van der Waals surface area contributed by atoms with Crippen molar-refractivity contribution in [2.24, 2.45) is 0 Å². The molecule has 0 aliphatic rings. The molecule has 0 aromatic rings. The van der Waals surface area contributed by atoms with E-state index in [4.69, 9.17) is 0 Å². The summed E-state index contributed by atoms with van der Waals surface area (Å²) in [6.07, 6.45) is 0. The predicted octanol–water partition coefficient (Wildman–Crippen LogP) is -3.93. The van der Waals surface area contributed by atoms with Crippen molar-refractivity contribution in [3.05, 3.63) is 0 Å². The van der Waals surface area contributed by atoms with Gasteiger partial charge in [0.2, 0.25) is 0 Å². The van der Waals surface area contributed by atoms with E-state index in [2.05, 4.69) is 0 Å². The second-order valence-corrected chi connectivity index (χ2v) is 0. The average molecular weight is 218 g/mol. The smallest absolute Gasteiger partial charge is 0 e. The predicted molar refractivity (Wildman–Crippen MR) is 41.8 cm³/mol. The topological polar surface area (TPSA) is 63.0 Å². The van der Waals surface area contributed by atoms with Crippen LogP contribution in [-0.2, 0) is 0 Å². The summed E-state index contributed by atoms with van der Waals surface area (Å²) in [5.41, 5.74) is 0. The summed E-state index contributed by atoms with van der Waals surface area (Å²) in [6.45, 7) is 0. The largest absolute Gasteiger partial charge is 0.412 e. The molecule has 2 nitrogen and oxygen atoms in total. The third kappa shape index (κ3) is 42.6. The molecule has 0 amide bonds. The monoisotopic (exact) mass is 217 g/mol. The fourth-order valence-corrected chi connectivity index (χ4v) is 0. The summed E-state index contributed by atoms with van der Waals surface area (Å²) in [4.78, 5) is 0. The quantitative estimate of drug-likeness (QED) is 0.372. The van der Waals surface area contributed by atoms with Crippen LogP contribution in [0.5, 0.6) is 0 Å². The van der Waals surface area contributed by atoms with Crippen molar-refractivity contribution in [3.63, 3.8) is 0 Å². The minimum atomic E-state index is 0. The van der Waals surface area contributed by atoms with Gasteiger partial charge in [-0.2, -0.15) is 0 Å². The van der Waals surface area contributed by atoms with Gasteiger partial charge in [0.1, 0.15) is 0 Å². The van der Waals surface area contributed by atoms with Crippen LogP contribution in [0.15, 0.2) is 0 Å². The Morgan fingerprint density at radius 1 is 0.875 bits per heavy atom. The Balaban J connectivity index is 0. The maximum Gasteiger partial charge on any atom is 0 e. The number of hydrogen-bond donors (Lipinski definition) is 0. The van der Waals surface area contributed by atoms with Crippen LogP contribution in [0.3, 0.4) is 0 Å². The maximum absolute atomic E-state index is 0. The molecule has 4 N–H and O–H groups in total. The Labute approximate surface area is 176 Å². The van der Waals surface area contributed by atoms with Gasteiger partial charge in [-0.1, -0.05) is 0 Å². The second kappa shape index (κ2) is 55.7. The fraction of sp³-hybridized carbons (Fsp3) is 0. The molecule has 0 saturated carbocycles. The number of hydrogen-bond acceptors (Lipinski definition) is 0. The van der Waals surface area contributed by atoms with Crippen LogP contribution in [0, 0.1) is 0 Å². The van der Waals surface area contributed by atoms with Gasteiger partial charge in [-0.3, -0.25) is 0 Å². The summed E-state index contributed by atoms with van der Waals surface area (Å²) in [6, 6.07) is 0. The average Bonchev–Trinajstić information content (AvgIpc) is 0. The van der Waals surface area contributed by atoms with Gasteiger partial charge < -0.3 is 11.0 Å². The van der Waals surface area contributed by atoms with Crippen molar-refractivity contribution in [1.82, 2.24) is 0 Å². The molecule has 0 unspecified atom stereocenters. The van der Waals surface area contributed by atoms with E-state index in [1.165, 1.54) is 0 Å². The molecule has 13 radical (unpaired) electrons. The van der Waals surface area contributed by atoms with E-state index in [-0.39, 0.29) is 181 Å². The summed E-state index contributed by atoms with van der Waals surface area (Å²) in [7, 11) is 0. The van der Waals surface area contributed by atoms with Crippen molar-refractivity contribution < 1.29 is 11.0 Å². The molecule has 0 aliphatic heterocycles. The van der Waals surface area contributed by atoms with Gasteiger partial charge in [0, 0.05) is 170 Å². The molecule has 0 heterocycles. The van der Waals surface area contributed by atoms with Gasteiger partial charge >= 0.3 is 0 Å². The molecule has 0 aromatic heterocycles. The summed E-state index contributed by atoms with van der Waals surface area (Å²) >= 11 is 0. The van der Waals surface area contributed by atoms with Crippen molar-refractivity contribution in [2.45, 2.75) is 0 Å². The molecule has 0 spiro atoms. The van der Waals surface area contributed by atoms with Crippen molar-refractivity contribution in [3.8, 4) is 0 Å². The molecule has 8 heavy (non-hydrogen) atoms. The summed E-state index contributed by atoms with van der Waals surface area (Å²) in [5.74, 6) is 0. The molecular weight excluding hydrogens is 214 g/mol. The van der Waals surface area contributed by atoms with Crippen LogP contribution in [0.1, 0.15) is 0 Å². The van der Waals surface area contributed by atoms with E-state index in [0.29, 0.717) is 0 Å². The molecule has 29 valence electrons. The zero-order valence-electron chi connectivity index (χ0n) is 5.49. The van der Waals surface area contributed by atoms with Crippen LogP contribution in [0.25, 0.3) is 0 Å². The normalized spacial score (nSPS) is 0. The molecule has 0 aromatic carbocycles. The van der Waals surface area contributed by atoms with Gasteiger partial charge in [-0.05, 0) is 0 Å². The molecule has 0 fully saturated rings. The second-order valence-electron chi connectivity index (χ2n) is 0. The van der Waals surface area contributed by atoms with E-state index < -0.39 is 0 Å². The first-order valence-corrected chi connectivity index (χ1v) is 0. The summed E-state index contributed by atoms with van der Waals surface area (Å²) < 4.78 is 0. The van der Waals surface area contributed by atoms with Gasteiger partial charge in [0.25, 0.3) is 0 Å². The Morgan fingerprint density at radius 3 is 0.875 bits per heavy atom. The first kappa shape index (κ1) is 71.3. The van der Waals surface area contributed by atoms with Gasteiger partial charge in [-0.25, -0.2) is 0 Å². The molecule has 8 heteroatoms. The van der Waals surface area contributed by atoms with Crippen LogP contribution in [0.2, 0.25) is 0 Å². The Kier molecular flexibility index (Phi) is 497. The third-order valence-corrected chi connectivity index (χ3v) is 0. The Morgan fingerprint density at radius 2 is 0.875 bits per heavy atom. The minimum Gasteiger partial charge on any atom is -0.412 e. The standard InChI is InChI=1S/Al.Ca.K.Mg.Na.2H2O.Si/h;;;;;2*1H2;. The van der Waals surface area contributed by atoms with E-state index in [0.717, 1.165) is 0 Å².